The minimum Gasteiger partial charge on any atom is -0.455 e. The van der Waals surface area contributed by atoms with Crippen molar-refractivity contribution in [2.75, 3.05) is 6.54 Å². The van der Waals surface area contributed by atoms with Crippen LogP contribution in [0.4, 0.5) is 0 Å². The first kappa shape index (κ1) is 18.3. The van der Waals surface area contributed by atoms with Crippen LogP contribution in [0.25, 0.3) is 0 Å². The van der Waals surface area contributed by atoms with E-state index in [4.69, 9.17) is 21.2 Å². The van der Waals surface area contributed by atoms with Crippen molar-refractivity contribution < 1.29 is 19.2 Å². The molecule has 0 fully saturated rings. The van der Waals surface area contributed by atoms with E-state index in [0.717, 1.165) is 5.56 Å². The summed E-state index contributed by atoms with van der Waals surface area (Å²) >= 11 is 5.82. The standard InChI is InChI=1S/C17H21ClN2O4/c1-17(2,3)23-16(22)13-10-14(24-20-13)15(21)19-9-8-11-4-6-12(18)7-5-11/h4-7,14H,8-10H2,1-3H3,(H,19,21)/t14-/m0/s1. The van der Waals surface area contributed by atoms with Crippen molar-refractivity contribution in [3.8, 4) is 0 Å². The molecule has 130 valence electrons. The number of halogens is 1. The molecule has 1 aliphatic rings. The molecule has 0 aromatic heterocycles. The van der Waals surface area contributed by atoms with Crippen LogP contribution in [0, 0.1) is 0 Å². The molecule has 0 saturated carbocycles. The molecule has 0 saturated heterocycles. The zero-order valence-corrected chi connectivity index (χ0v) is 14.7. The number of nitrogens with zero attached hydrogens (tertiary/aromatic N) is 1. The highest BCUT2D eigenvalue weighted by Gasteiger charge is 2.33. The average Bonchev–Trinajstić information content (AvgIpc) is 2.97. The number of esters is 1. The van der Waals surface area contributed by atoms with Crippen molar-refractivity contribution >= 4 is 29.2 Å². The number of amides is 1. The van der Waals surface area contributed by atoms with Gasteiger partial charge in [0.25, 0.3) is 5.91 Å². The fourth-order valence-corrected chi connectivity index (χ4v) is 2.20. The first-order chi connectivity index (χ1) is 11.2. The maximum absolute atomic E-state index is 12.1. The largest absolute Gasteiger partial charge is 0.455 e. The van der Waals surface area contributed by atoms with E-state index in [9.17, 15) is 9.59 Å². The van der Waals surface area contributed by atoms with Crippen LogP contribution in [0.3, 0.4) is 0 Å². The topological polar surface area (TPSA) is 77.0 Å². The van der Waals surface area contributed by atoms with Crippen LogP contribution in [0.5, 0.6) is 0 Å². The highest BCUT2D eigenvalue weighted by atomic mass is 35.5. The maximum Gasteiger partial charge on any atom is 0.356 e. The summed E-state index contributed by atoms with van der Waals surface area (Å²) in [6, 6.07) is 7.42. The van der Waals surface area contributed by atoms with E-state index >= 15 is 0 Å². The Morgan fingerprint density at radius 2 is 2.00 bits per heavy atom. The lowest BCUT2D eigenvalue weighted by Crippen LogP contribution is -2.37. The Labute approximate surface area is 146 Å². The molecular formula is C17H21ClN2O4. The second-order valence-electron chi connectivity index (χ2n) is 6.51. The molecule has 1 aromatic rings. The Morgan fingerprint density at radius 1 is 1.33 bits per heavy atom. The van der Waals surface area contributed by atoms with Crippen LogP contribution >= 0.6 is 11.6 Å². The van der Waals surface area contributed by atoms with Gasteiger partial charge in [-0.05, 0) is 44.9 Å². The Hall–Kier alpha value is -2.08. The van der Waals surface area contributed by atoms with Gasteiger partial charge >= 0.3 is 5.97 Å². The Morgan fingerprint density at radius 3 is 2.62 bits per heavy atom. The van der Waals surface area contributed by atoms with Gasteiger partial charge in [-0.3, -0.25) is 4.79 Å². The minimum atomic E-state index is -0.794. The third kappa shape index (κ3) is 5.53. The molecule has 1 heterocycles. The predicted octanol–water partition coefficient (Wildman–Crippen LogP) is 2.49. The van der Waals surface area contributed by atoms with Gasteiger partial charge in [0.05, 0.1) is 0 Å². The molecule has 24 heavy (non-hydrogen) atoms. The molecule has 7 heteroatoms. The zero-order chi connectivity index (χ0) is 17.7. The number of nitrogens with one attached hydrogen (secondary N) is 1. The van der Waals surface area contributed by atoms with E-state index in [1.54, 1.807) is 32.9 Å². The number of rotatable bonds is 5. The number of hydrogen-bond donors (Lipinski definition) is 1. The first-order valence-electron chi connectivity index (χ1n) is 7.73. The average molecular weight is 353 g/mol. The molecule has 1 atom stereocenters. The molecule has 0 spiro atoms. The van der Waals surface area contributed by atoms with Gasteiger partial charge < -0.3 is 14.9 Å². The molecule has 1 amide bonds. The molecule has 1 aliphatic heterocycles. The summed E-state index contributed by atoms with van der Waals surface area (Å²) in [6.45, 7) is 5.76. The fourth-order valence-electron chi connectivity index (χ4n) is 2.07. The smallest absolute Gasteiger partial charge is 0.356 e. The van der Waals surface area contributed by atoms with Crippen molar-refractivity contribution in [2.45, 2.75) is 45.3 Å². The van der Waals surface area contributed by atoms with Gasteiger partial charge in [-0.25, -0.2) is 4.79 Å². The van der Waals surface area contributed by atoms with Crippen molar-refractivity contribution in [1.82, 2.24) is 5.32 Å². The lowest BCUT2D eigenvalue weighted by Gasteiger charge is -2.18. The van der Waals surface area contributed by atoms with Crippen LogP contribution in [0.15, 0.2) is 29.4 Å². The number of benzene rings is 1. The molecule has 1 N–H and O–H groups in total. The Balaban J connectivity index is 1.75. The van der Waals surface area contributed by atoms with Gasteiger partial charge in [-0.2, -0.15) is 0 Å². The van der Waals surface area contributed by atoms with Crippen LogP contribution in [-0.2, 0) is 25.6 Å². The molecule has 6 nitrogen and oxygen atoms in total. The van der Waals surface area contributed by atoms with E-state index in [2.05, 4.69) is 10.5 Å². The summed E-state index contributed by atoms with van der Waals surface area (Å²) in [5.41, 5.74) is 0.582. The van der Waals surface area contributed by atoms with E-state index in [1.165, 1.54) is 0 Å². The molecular weight excluding hydrogens is 332 g/mol. The van der Waals surface area contributed by atoms with Crippen LogP contribution < -0.4 is 5.32 Å². The van der Waals surface area contributed by atoms with Crippen molar-refractivity contribution in [3.63, 3.8) is 0 Å². The second kappa shape index (κ2) is 7.66. The molecule has 0 bridgehead atoms. The summed E-state index contributed by atoms with van der Waals surface area (Å²) in [5.74, 6) is -0.856. The number of oxime groups is 1. The van der Waals surface area contributed by atoms with Gasteiger partial charge in [0.2, 0.25) is 6.10 Å². The minimum absolute atomic E-state index is 0.113. The summed E-state index contributed by atoms with van der Waals surface area (Å²) in [7, 11) is 0. The second-order valence-corrected chi connectivity index (χ2v) is 6.94. The normalized spacial score (nSPS) is 17.0. The van der Waals surface area contributed by atoms with Crippen LogP contribution in [0.1, 0.15) is 32.8 Å². The quantitative estimate of drug-likeness (QED) is 0.826. The predicted molar refractivity (Wildman–Crippen MR) is 90.9 cm³/mol. The summed E-state index contributed by atoms with van der Waals surface area (Å²) < 4.78 is 5.21. The van der Waals surface area contributed by atoms with E-state index in [0.29, 0.717) is 18.0 Å². The van der Waals surface area contributed by atoms with Crippen LogP contribution in [0.2, 0.25) is 5.02 Å². The van der Waals surface area contributed by atoms with E-state index in [-0.39, 0.29) is 18.0 Å². The van der Waals surface area contributed by atoms with Gasteiger partial charge in [-0.15, -0.1) is 0 Å². The third-order valence-electron chi connectivity index (χ3n) is 3.22. The molecule has 2 rings (SSSR count). The van der Waals surface area contributed by atoms with Gasteiger partial charge in [-0.1, -0.05) is 28.9 Å². The number of ether oxygens (including phenoxy) is 1. The maximum atomic E-state index is 12.1. The molecule has 1 aromatic carbocycles. The van der Waals surface area contributed by atoms with Crippen molar-refractivity contribution in [3.05, 3.63) is 34.9 Å². The van der Waals surface area contributed by atoms with E-state index in [1.807, 2.05) is 12.1 Å². The van der Waals surface area contributed by atoms with Crippen molar-refractivity contribution in [2.24, 2.45) is 5.16 Å². The highest BCUT2D eigenvalue weighted by Crippen LogP contribution is 2.15. The number of hydrogen-bond acceptors (Lipinski definition) is 5. The Bertz CT molecular complexity index is 635. The Kier molecular flexibility index (Phi) is 5.83. The summed E-state index contributed by atoms with van der Waals surface area (Å²) in [4.78, 5) is 29.0. The van der Waals surface area contributed by atoms with Gasteiger partial charge in [0.15, 0.2) is 5.71 Å². The summed E-state index contributed by atoms with van der Waals surface area (Å²) in [6.07, 6.45) is -0.00497. The lowest BCUT2D eigenvalue weighted by molar-refractivity contribution is -0.146. The SMILES string of the molecule is CC(C)(C)OC(=O)C1=NO[C@H](C(=O)NCCc2ccc(Cl)cc2)C1. The fraction of sp³-hybridized carbons (Fsp3) is 0.471. The number of carbonyl (C=O) groups is 2. The van der Waals surface area contributed by atoms with Crippen molar-refractivity contribution in [1.29, 1.82) is 0 Å². The first-order valence-corrected chi connectivity index (χ1v) is 8.10. The summed E-state index contributed by atoms with van der Waals surface area (Å²) in [5, 5.41) is 7.11. The third-order valence-corrected chi connectivity index (χ3v) is 3.47. The number of carbonyl (C=O) groups excluding carboxylic acids is 2. The molecule has 0 aliphatic carbocycles. The monoisotopic (exact) mass is 352 g/mol. The zero-order valence-electron chi connectivity index (χ0n) is 14.0. The lowest BCUT2D eigenvalue weighted by atomic mass is 10.1. The van der Waals surface area contributed by atoms with E-state index < -0.39 is 17.7 Å². The van der Waals surface area contributed by atoms with Gasteiger partial charge in [0, 0.05) is 18.0 Å². The van der Waals surface area contributed by atoms with Gasteiger partial charge in [0.1, 0.15) is 5.60 Å². The highest BCUT2D eigenvalue weighted by molar-refractivity contribution is 6.37. The molecule has 0 unspecified atom stereocenters. The molecule has 0 radical (unpaired) electrons. The van der Waals surface area contributed by atoms with Crippen LogP contribution in [-0.4, -0.2) is 35.8 Å².